The fourth-order valence-corrected chi connectivity index (χ4v) is 2.83. The van der Waals surface area contributed by atoms with Gasteiger partial charge in [0.05, 0.1) is 0 Å². The summed E-state index contributed by atoms with van der Waals surface area (Å²) in [5, 5.41) is 2.82. The normalized spacial score (nSPS) is 13.6. The summed E-state index contributed by atoms with van der Waals surface area (Å²) in [6, 6.07) is 0. The number of ketones is 1. The molecule has 0 aromatic carbocycles. The summed E-state index contributed by atoms with van der Waals surface area (Å²) < 4.78 is 0. The van der Waals surface area contributed by atoms with Crippen LogP contribution in [0.1, 0.15) is 92.9 Å². The molecular formula is C25H41NO2. The van der Waals surface area contributed by atoms with E-state index in [1.807, 2.05) is 19.9 Å². The molecule has 3 heteroatoms. The number of carbonyl (C=O) groups is 2. The maximum atomic E-state index is 11.7. The molecule has 28 heavy (non-hydrogen) atoms. The van der Waals surface area contributed by atoms with E-state index in [1.165, 1.54) is 16.7 Å². The van der Waals surface area contributed by atoms with E-state index in [4.69, 9.17) is 0 Å². The van der Waals surface area contributed by atoms with Crippen LogP contribution in [0.5, 0.6) is 0 Å². The molecular weight excluding hydrogens is 346 g/mol. The third-order valence-corrected chi connectivity index (χ3v) is 4.74. The number of Topliss-reactive ketones (excluding diaryl/α,β-unsaturated/α-hetero) is 1. The molecule has 0 bridgehead atoms. The first kappa shape index (κ1) is 26.1. The first-order valence-corrected chi connectivity index (χ1v) is 10.7. The summed E-state index contributed by atoms with van der Waals surface area (Å²) in [5.74, 6) is 0.296. The van der Waals surface area contributed by atoms with Gasteiger partial charge in [-0.15, -0.1) is 0 Å². The fraction of sp³-hybridized carbons (Fsp3) is 0.600. The number of hydrogen-bond donors (Lipinski definition) is 1. The number of rotatable bonds is 14. The first-order chi connectivity index (χ1) is 13.3. The molecule has 0 aromatic heterocycles. The molecule has 0 heterocycles. The van der Waals surface area contributed by atoms with Crippen molar-refractivity contribution in [3.05, 3.63) is 46.6 Å². The smallest absolute Gasteiger partial charge is 0.246 e. The van der Waals surface area contributed by atoms with Crippen molar-refractivity contribution in [1.82, 2.24) is 5.32 Å². The van der Waals surface area contributed by atoms with Gasteiger partial charge in [0, 0.05) is 18.5 Å². The standard InChI is InChI=1S/C25H41NO2/c1-7-26-25(28)23(5)18-10-16-21(3)14-8-12-20(2)13-9-15-22(4)17-11-19-24(6)27/h13-14,17-18H,7-12,15-16,19H2,1-6H3,(H,26,28)/b20-13+,21-14+,22-17+,23-18+. The van der Waals surface area contributed by atoms with E-state index in [1.54, 1.807) is 6.92 Å². The molecule has 0 spiro atoms. The number of hydrogen-bond acceptors (Lipinski definition) is 2. The Balaban J connectivity index is 4.11. The minimum atomic E-state index is 0.0360. The van der Waals surface area contributed by atoms with Crippen molar-refractivity contribution in [3.8, 4) is 0 Å². The number of amides is 1. The second kappa shape index (κ2) is 16.1. The van der Waals surface area contributed by atoms with Gasteiger partial charge in [-0.1, -0.05) is 41.0 Å². The van der Waals surface area contributed by atoms with Gasteiger partial charge in [-0.2, -0.15) is 0 Å². The quantitative estimate of drug-likeness (QED) is 0.269. The van der Waals surface area contributed by atoms with Crippen LogP contribution in [0.3, 0.4) is 0 Å². The van der Waals surface area contributed by atoms with E-state index in [0.29, 0.717) is 13.0 Å². The van der Waals surface area contributed by atoms with Crippen LogP contribution in [0.25, 0.3) is 0 Å². The Kier molecular flexibility index (Phi) is 15.0. The monoisotopic (exact) mass is 387 g/mol. The van der Waals surface area contributed by atoms with E-state index in [0.717, 1.165) is 50.5 Å². The van der Waals surface area contributed by atoms with Crippen LogP contribution in [0, 0.1) is 0 Å². The highest BCUT2D eigenvalue weighted by Gasteiger charge is 2.00. The van der Waals surface area contributed by atoms with Gasteiger partial charge >= 0.3 is 0 Å². The van der Waals surface area contributed by atoms with Gasteiger partial charge in [-0.3, -0.25) is 4.79 Å². The molecule has 0 saturated heterocycles. The molecule has 0 fully saturated rings. The SMILES string of the molecule is CCNC(=O)/C(C)=C/CC/C(C)=C/CC/C(C)=C/CC/C(C)=C/CCC(C)=O. The lowest BCUT2D eigenvalue weighted by Crippen LogP contribution is -2.23. The zero-order valence-electron chi connectivity index (χ0n) is 19.0. The zero-order chi connectivity index (χ0) is 21.4. The molecule has 0 rings (SSSR count). The lowest BCUT2D eigenvalue weighted by atomic mass is 10.0. The molecule has 0 radical (unpaired) electrons. The molecule has 1 N–H and O–H groups in total. The van der Waals surface area contributed by atoms with E-state index < -0.39 is 0 Å². The van der Waals surface area contributed by atoms with Gasteiger partial charge in [0.2, 0.25) is 5.91 Å². The van der Waals surface area contributed by atoms with Gasteiger partial charge in [0.1, 0.15) is 5.78 Å². The summed E-state index contributed by atoms with van der Waals surface area (Å²) in [5.41, 5.74) is 5.00. The first-order valence-electron chi connectivity index (χ1n) is 10.7. The third-order valence-electron chi connectivity index (χ3n) is 4.74. The molecule has 0 atom stereocenters. The highest BCUT2D eigenvalue weighted by Crippen LogP contribution is 2.14. The lowest BCUT2D eigenvalue weighted by Gasteiger charge is -2.04. The van der Waals surface area contributed by atoms with Crippen LogP contribution < -0.4 is 5.32 Å². The van der Waals surface area contributed by atoms with Crippen molar-refractivity contribution in [2.24, 2.45) is 0 Å². The third kappa shape index (κ3) is 15.2. The zero-order valence-corrected chi connectivity index (χ0v) is 19.0. The molecule has 0 aliphatic rings. The maximum absolute atomic E-state index is 11.7. The van der Waals surface area contributed by atoms with Crippen LogP contribution >= 0.6 is 0 Å². The maximum Gasteiger partial charge on any atom is 0.246 e. The Bertz CT molecular complexity index is 606. The second-order valence-electron chi connectivity index (χ2n) is 7.75. The minimum Gasteiger partial charge on any atom is -0.353 e. The van der Waals surface area contributed by atoms with Crippen LogP contribution in [-0.4, -0.2) is 18.2 Å². The largest absolute Gasteiger partial charge is 0.353 e. The number of allylic oxidation sites excluding steroid dienone is 7. The van der Waals surface area contributed by atoms with Crippen LogP contribution in [-0.2, 0) is 9.59 Å². The van der Waals surface area contributed by atoms with Crippen LogP contribution in [0.4, 0.5) is 0 Å². The van der Waals surface area contributed by atoms with E-state index in [9.17, 15) is 9.59 Å². The van der Waals surface area contributed by atoms with Crippen molar-refractivity contribution in [2.45, 2.75) is 92.9 Å². The Morgan fingerprint density at radius 1 is 0.643 bits per heavy atom. The van der Waals surface area contributed by atoms with E-state index >= 15 is 0 Å². The van der Waals surface area contributed by atoms with Gasteiger partial charge in [0.25, 0.3) is 0 Å². The lowest BCUT2D eigenvalue weighted by molar-refractivity contribution is -0.118. The highest BCUT2D eigenvalue weighted by atomic mass is 16.1. The fourth-order valence-electron chi connectivity index (χ4n) is 2.83. The second-order valence-corrected chi connectivity index (χ2v) is 7.75. The Morgan fingerprint density at radius 3 is 1.43 bits per heavy atom. The molecule has 0 aliphatic heterocycles. The predicted molar refractivity (Wildman–Crippen MR) is 121 cm³/mol. The van der Waals surface area contributed by atoms with Gasteiger partial charge in [0.15, 0.2) is 0 Å². The van der Waals surface area contributed by atoms with Crippen molar-refractivity contribution in [2.75, 3.05) is 6.54 Å². The topological polar surface area (TPSA) is 46.2 Å². The summed E-state index contributed by atoms with van der Waals surface area (Å²) in [7, 11) is 0. The molecule has 1 amide bonds. The van der Waals surface area contributed by atoms with Crippen molar-refractivity contribution in [1.29, 1.82) is 0 Å². The Morgan fingerprint density at radius 2 is 1.04 bits per heavy atom. The van der Waals surface area contributed by atoms with Crippen molar-refractivity contribution >= 4 is 11.7 Å². The number of likely N-dealkylation sites (N-methyl/N-ethyl adjacent to an activating group) is 1. The minimum absolute atomic E-state index is 0.0360. The van der Waals surface area contributed by atoms with Gasteiger partial charge < -0.3 is 10.1 Å². The average molecular weight is 388 g/mol. The van der Waals surface area contributed by atoms with Crippen LogP contribution in [0.2, 0.25) is 0 Å². The average Bonchev–Trinajstić information content (AvgIpc) is 2.61. The summed E-state index contributed by atoms with van der Waals surface area (Å²) >= 11 is 0. The summed E-state index contributed by atoms with van der Waals surface area (Å²) in [6.07, 6.45) is 16.6. The van der Waals surface area contributed by atoms with Crippen molar-refractivity contribution in [3.63, 3.8) is 0 Å². The van der Waals surface area contributed by atoms with E-state index in [-0.39, 0.29) is 11.7 Å². The Hall–Kier alpha value is -1.90. The highest BCUT2D eigenvalue weighted by molar-refractivity contribution is 5.92. The summed E-state index contributed by atoms with van der Waals surface area (Å²) in [4.78, 5) is 22.6. The molecule has 3 nitrogen and oxygen atoms in total. The van der Waals surface area contributed by atoms with E-state index in [2.05, 4.69) is 44.3 Å². The molecule has 0 aromatic rings. The van der Waals surface area contributed by atoms with Crippen LogP contribution in [0.15, 0.2) is 46.6 Å². The van der Waals surface area contributed by atoms with Gasteiger partial charge in [-0.05, 0) is 86.5 Å². The predicted octanol–water partition coefficient (Wildman–Crippen LogP) is 6.62. The Labute approximate surface area is 173 Å². The summed E-state index contributed by atoms with van der Waals surface area (Å²) in [6.45, 7) is 12.7. The molecule has 0 unspecified atom stereocenters. The van der Waals surface area contributed by atoms with Crippen molar-refractivity contribution < 1.29 is 9.59 Å². The molecule has 0 aliphatic carbocycles. The number of carbonyl (C=O) groups excluding carboxylic acids is 2. The molecule has 0 saturated carbocycles. The van der Waals surface area contributed by atoms with Gasteiger partial charge in [-0.25, -0.2) is 0 Å². The molecule has 158 valence electrons. The number of nitrogens with one attached hydrogen (secondary N) is 1.